The van der Waals surface area contributed by atoms with Gasteiger partial charge in [-0.2, -0.15) is 9.69 Å². The van der Waals surface area contributed by atoms with Crippen molar-refractivity contribution in [3.05, 3.63) is 60.7 Å². The lowest BCUT2D eigenvalue weighted by atomic mass is 10.3. The molecule has 0 saturated heterocycles. The summed E-state index contributed by atoms with van der Waals surface area (Å²) in [5.41, 5.74) is 0. The molecule has 5 nitrogen and oxygen atoms in total. The molecule has 0 saturated carbocycles. The number of phosphoric ester groups is 1. The zero-order valence-electron chi connectivity index (χ0n) is 11.3. The van der Waals surface area contributed by atoms with Crippen LogP contribution in [0.2, 0.25) is 0 Å². The first-order valence-electron chi connectivity index (χ1n) is 6.04. The molecule has 0 aliphatic rings. The molecular weight excluding hydrogens is 277 g/mol. The van der Waals surface area contributed by atoms with Crippen LogP contribution in [0.4, 0.5) is 0 Å². The van der Waals surface area contributed by atoms with Gasteiger partial charge in [-0.15, -0.1) is 0 Å². The van der Waals surface area contributed by atoms with Crippen LogP contribution in [0.3, 0.4) is 0 Å². The number of hydrogen-bond acceptors (Lipinski definition) is 5. The van der Waals surface area contributed by atoms with Gasteiger partial charge in [-0.1, -0.05) is 36.4 Å². The molecule has 0 aliphatic heterocycles. The number of para-hydroxylation sites is 2. The molecule has 2 rings (SSSR count). The summed E-state index contributed by atoms with van der Waals surface area (Å²) in [7, 11) is -0.580. The van der Waals surface area contributed by atoms with E-state index in [-0.39, 0.29) is 0 Å². The molecule has 0 unspecified atom stereocenters. The van der Waals surface area contributed by atoms with E-state index in [1.165, 1.54) is 5.06 Å². The Hall–Kier alpha value is -1.81. The number of rotatable bonds is 6. The molecule has 0 bridgehead atoms. The summed E-state index contributed by atoms with van der Waals surface area (Å²) in [5, 5.41) is 1.28. The molecule has 0 aliphatic carbocycles. The Morgan fingerprint density at radius 1 is 0.800 bits per heavy atom. The van der Waals surface area contributed by atoms with Crippen molar-refractivity contribution in [2.75, 3.05) is 14.1 Å². The third-order valence-corrected chi connectivity index (χ3v) is 3.58. The van der Waals surface area contributed by atoms with Crippen LogP contribution >= 0.6 is 7.82 Å². The summed E-state index contributed by atoms with van der Waals surface area (Å²) in [5.74, 6) is 0.822. The fourth-order valence-electron chi connectivity index (χ4n) is 1.47. The SMILES string of the molecule is CN(C)OP(=O)(Oc1ccccc1)Oc1ccccc1. The van der Waals surface area contributed by atoms with Gasteiger partial charge in [-0.05, 0) is 24.3 Å². The van der Waals surface area contributed by atoms with Gasteiger partial charge in [0.25, 0.3) is 0 Å². The van der Waals surface area contributed by atoms with Crippen LogP contribution < -0.4 is 9.05 Å². The first-order valence-corrected chi connectivity index (χ1v) is 7.50. The van der Waals surface area contributed by atoms with E-state index in [1.54, 1.807) is 62.6 Å². The molecule has 20 heavy (non-hydrogen) atoms. The highest BCUT2D eigenvalue weighted by Crippen LogP contribution is 2.49. The Labute approximate surface area is 118 Å². The minimum atomic E-state index is -3.79. The standard InChI is InChI=1S/C14H16NO4P/c1-15(2)19-20(16,17-13-9-5-3-6-10-13)18-14-11-7-4-8-12-14/h3-12H,1-2H3. The second-order valence-corrected chi connectivity index (χ2v) is 5.57. The van der Waals surface area contributed by atoms with Crippen molar-refractivity contribution in [3.8, 4) is 11.5 Å². The zero-order chi connectivity index (χ0) is 14.4. The van der Waals surface area contributed by atoms with Crippen LogP contribution in [0.1, 0.15) is 0 Å². The van der Waals surface area contributed by atoms with Gasteiger partial charge in [-0.25, -0.2) is 4.57 Å². The first kappa shape index (κ1) is 14.6. The predicted octanol–water partition coefficient (Wildman–Crippen LogP) is 3.75. The van der Waals surface area contributed by atoms with Crippen molar-refractivity contribution in [1.29, 1.82) is 0 Å². The lowest BCUT2D eigenvalue weighted by Gasteiger charge is -2.21. The third-order valence-electron chi connectivity index (χ3n) is 2.18. The Morgan fingerprint density at radius 3 is 1.55 bits per heavy atom. The number of benzene rings is 2. The molecule has 0 atom stereocenters. The van der Waals surface area contributed by atoms with Crippen LogP contribution in [-0.4, -0.2) is 19.2 Å². The molecule has 2 aromatic carbocycles. The second-order valence-electron chi connectivity index (χ2n) is 4.15. The molecule has 0 amide bonds. The van der Waals surface area contributed by atoms with E-state index < -0.39 is 7.82 Å². The van der Waals surface area contributed by atoms with Crippen molar-refractivity contribution < 1.29 is 18.2 Å². The van der Waals surface area contributed by atoms with Gasteiger partial charge in [0.1, 0.15) is 11.5 Å². The maximum atomic E-state index is 12.7. The van der Waals surface area contributed by atoms with E-state index in [9.17, 15) is 4.57 Å². The van der Waals surface area contributed by atoms with Crippen LogP contribution in [0, 0.1) is 0 Å². The van der Waals surface area contributed by atoms with E-state index in [2.05, 4.69) is 0 Å². The summed E-state index contributed by atoms with van der Waals surface area (Å²) in [6.07, 6.45) is 0. The van der Waals surface area contributed by atoms with Crippen LogP contribution in [0.15, 0.2) is 60.7 Å². The van der Waals surface area contributed by atoms with E-state index >= 15 is 0 Å². The molecular formula is C14H16NO4P. The number of phosphoric acid groups is 1. The predicted molar refractivity (Wildman–Crippen MR) is 76.5 cm³/mol. The van der Waals surface area contributed by atoms with Gasteiger partial charge in [0.15, 0.2) is 0 Å². The largest absolute Gasteiger partial charge is 0.604 e. The molecule has 0 aromatic heterocycles. The van der Waals surface area contributed by atoms with Crippen molar-refractivity contribution in [2.24, 2.45) is 0 Å². The highest BCUT2D eigenvalue weighted by atomic mass is 31.2. The third kappa shape index (κ3) is 4.38. The van der Waals surface area contributed by atoms with Crippen molar-refractivity contribution in [3.63, 3.8) is 0 Å². The summed E-state index contributed by atoms with van der Waals surface area (Å²) in [6, 6.07) is 17.5. The summed E-state index contributed by atoms with van der Waals surface area (Å²) in [4.78, 5) is 0. The highest BCUT2D eigenvalue weighted by Gasteiger charge is 2.32. The zero-order valence-corrected chi connectivity index (χ0v) is 12.2. The Kier molecular flexibility index (Phi) is 4.79. The van der Waals surface area contributed by atoms with E-state index in [4.69, 9.17) is 13.7 Å². The van der Waals surface area contributed by atoms with E-state index in [0.29, 0.717) is 11.5 Å². The molecule has 0 spiro atoms. The van der Waals surface area contributed by atoms with Gasteiger partial charge < -0.3 is 9.05 Å². The van der Waals surface area contributed by atoms with E-state index in [1.807, 2.05) is 12.1 Å². The van der Waals surface area contributed by atoms with Gasteiger partial charge in [-0.3, -0.25) is 0 Å². The average molecular weight is 293 g/mol. The second kappa shape index (κ2) is 6.57. The molecule has 2 aromatic rings. The average Bonchev–Trinajstić information content (AvgIpc) is 2.39. The van der Waals surface area contributed by atoms with Gasteiger partial charge in [0.2, 0.25) is 0 Å². The minimum Gasteiger partial charge on any atom is -0.394 e. The monoisotopic (exact) mass is 293 g/mol. The molecule has 0 radical (unpaired) electrons. The Balaban J connectivity index is 2.19. The van der Waals surface area contributed by atoms with Crippen molar-refractivity contribution in [2.45, 2.75) is 0 Å². The molecule has 0 heterocycles. The number of hydroxylamine groups is 2. The van der Waals surface area contributed by atoms with Crippen LogP contribution in [0.25, 0.3) is 0 Å². The summed E-state index contributed by atoms with van der Waals surface area (Å²) < 4.78 is 28.6. The smallest absolute Gasteiger partial charge is 0.394 e. The normalized spacial score (nSPS) is 11.3. The maximum absolute atomic E-state index is 12.7. The van der Waals surface area contributed by atoms with Crippen LogP contribution in [0.5, 0.6) is 11.5 Å². The van der Waals surface area contributed by atoms with Gasteiger partial charge in [0.05, 0.1) is 0 Å². The van der Waals surface area contributed by atoms with Crippen molar-refractivity contribution in [1.82, 2.24) is 5.06 Å². The quantitative estimate of drug-likeness (QED) is 0.599. The highest BCUT2D eigenvalue weighted by molar-refractivity contribution is 7.49. The molecule has 106 valence electrons. The Morgan fingerprint density at radius 2 is 1.20 bits per heavy atom. The van der Waals surface area contributed by atoms with Crippen molar-refractivity contribution >= 4 is 7.82 Å². The molecule has 6 heteroatoms. The topological polar surface area (TPSA) is 48.0 Å². The Bertz CT molecular complexity index is 529. The summed E-state index contributed by atoms with van der Waals surface area (Å²) >= 11 is 0. The van der Waals surface area contributed by atoms with Crippen LogP contribution in [-0.2, 0) is 9.19 Å². The lowest BCUT2D eigenvalue weighted by Crippen LogP contribution is -2.16. The number of hydrogen-bond donors (Lipinski definition) is 0. The molecule has 0 N–H and O–H groups in total. The van der Waals surface area contributed by atoms with Gasteiger partial charge in [0, 0.05) is 14.1 Å². The molecule has 0 fully saturated rings. The summed E-state index contributed by atoms with van der Waals surface area (Å²) in [6.45, 7) is 0. The fourth-order valence-corrected chi connectivity index (χ4v) is 2.74. The first-order chi connectivity index (χ1) is 9.57. The minimum absolute atomic E-state index is 0.411. The fraction of sp³-hybridized carbons (Fsp3) is 0.143. The number of nitrogens with zero attached hydrogens (tertiary/aromatic N) is 1. The van der Waals surface area contributed by atoms with E-state index in [0.717, 1.165) is 0 Å². The maximum Gasteiger partial charge on any atom is 0.604 e. The lowest BCUT2D eigenvalue weighted by molar-refractivity contribution is -0.0282. The van der Waals surface area contributed by atoms with Gasteiger partial charge >= 0.3 is 7.82 Å².